The Labute approximate surface area is 229 Å². The third kappa shape index (κ3) is 2.81. The first-order valence-corrected chi connectivity index (χ1v) is 14.2. The third-order valence-electron chi connectivity index (χ3n) is 8.19. The summed E-state index contributed by atoms with van der Waals surface area (Å²) in [5.74, 6) is 0. The number of hydrogen-bond acceptors (Lipinski definition) is 3. The van der Waals surface area contributed by atoms with Crippen molar-refractivity contribution < 1.29 is 0 Å². The third-order valence-corrected chi connectivity index (χ3v) is 9.37. The molecule has 1 atom stereocenters. The van der Waals surface area contributed by atoms with Crippen molar-refractivity contribution in [1.29, 1.82) is 0 Å². The van der Waals surface area contributed by atoms with Crippen LogP contribution in [-0.2, 0) is 0 Å². The zero-order valence-electron chi connectivity index (χ0n) is 21.0. The number of nitrogens with zero attached hydrogens (tertiary/aromatic N) is 2. The Balaban J connectivity index is 1.49. The standard InChI is InChI=1S/C35H23N3S/c1-2-12-22(13-3-1)33-25-16-6-9-19-28(25)36-38(33)37-29-20-10-7-17-26(29)31-23-14-4-5-15-24(23)32-27-18-8-11-21-30(27)39-35(32)34(31)37/h1-21,33,36H. The average Bonchev–Trinajstić information content (AvgIpc) is 3.67. The van der Waals surface area contributed by atoms with Gasteiger partial charge in [-0.25, -0.2) is 9.79 Å². The number of fused-ring (bicyclic) bond motifs is 11. The van der Waals surface area contributed by atoms with Crippen molar-refractivity contribution in [3.05, 3.63) is 139 Å². The van der Waals surface area contributed by atoms with Crippen LogP contribution in [0.3, 0.4) is 0 Å². The first-order chi connectivity index (χ1) is 19.4. The fourth-order valence-corrected chi connectivity index (χ4v) is 7.86. The van der Waals surface area contributed by atoms with E-state index in [-0.39, 0.29) is 6.04 Å². The Morgan fingerprint density at radius 3 is 2.05 bits per heavy atom. The molecule has 3 heterocycles. The summed E-state index contributed by atoms with van der Waals surface area (Å²) in [6, 6.07) is 46.2. The number of thiophene rings is 1. The van der Waals surface area contributed by atoms with Gasteiger partial charge in [-0.05, 0) is 34.5 Å². The maximum atomic E-state index is 3.82. The summed E-state index contributed by atoms with van der Waals surface area (Å²) in [6.07, 6.45) is 0. The number of hydrazine groups is 1. The minimum atomic E-state index is 0.0253. The zero-order valence-corrected chi connectivity index (χ0v) is 21.8. The molecule has 6 aromatic carbocycles. The van der Waals surface area contributed by atoms with Crippen LogP contribution in [0, 0.1) is 0 Å². The van der Waals surface area contributed by atoms with Gasteiger partial charge in [-0.1, -0.05) is 109 Å². The van der Waals surface area contributed by atoms with Crippen LogP contribution >= 0.6 is 11.3 Å². The maximum absolute atomic E-state index is 3.82. The normalized spacial score (nSPS) is 15.1. The van der Waals surface area contributed by atoms with E-state index in [9.17, 15) is 0 Å². The lowest BCUT2D eigenvalue weighted by Crippen LogP contribution is -2.38. The molecule has 2 aromatic heterocycles. The SMILES string of the molecule is c1ccc(C2c3ccccc3NN2n2c3ccccc3c3c4ccccc4c4c5ccccc5sc4c32)cc1. The molecule has 0 bridgehead atoms. The van der Waals surface area contributed by atoms with Gasteiger partial charge in [0.15, 0.2) is 0 Å². The summed E-state index contributed by atoms with van der Waals surface area (Å²) >= 11 is 1.90. The average molecular weight is 518 g/mol. The van der Waals surface area contributed by atoms with E-state index >= 15 is 0 Å². The number of aromatic nitrogens is 1. The van der Waals surface area contributed by atoms with Gasteiger partial charge in [-0.15, -0.1) is 11.3 Å². The predicted octanol–water partition coefficient (Wildman–Crippen LogP) is 9.38. The van der Waals surface area contributed by atoms with Gasteiger partial charge in [0.05, 0.1) is 21.4 Å². The molecule has 1 N–H and O–H groups in total. The highest BCUT2D eigenvalue weighted by Gasteiger charge is 2.34. The van der Waals surface area contributed by atoms with Crippen molar-refractivity contribution in [2.75, 3.05) is 10.5 Å². The predicted molar refractivity (Wildman–Crippen MR) is 166 cm³/mol. The Bertz CT molecular complexity index is 2220. The molecule has 1 aliphatic heterocycles. The van der Waals surface area contributed by atoms with Crippen molar-refractivity contribution in [3.8, 4) is 0 Å². The zero-order chi connectivity index (χ0) is 25.5. The second-order valence-corrected chi connectivity index (χ2v) is 11.3. The Hall–Kier alpha value is -4.80. The van der Waals surface area contributed by atoms with Crippen LogP contribution < -0.4 is 10.5 Å². The lowest BCUT2D eigenvalue weighted by atomic mass is 9.99. The monoisotopic (exact) mass is 517 g/mol. The van der Waals surface area contributed by atoms with Crippen LogP contribution in [0.1, 0.15) is 17.2 Å². The summed E-state index contributed by atoms with van der Waals surface area (Å²) in [5.41, 5.74) is 9.96. The molecule has 0 saturated carbocycles. The summed E-state index contributed by atoms with van der Waals surface area (Å²) in [4.78, 5) is 0. The molecule has 4 heteroatoms. The smallest absolute Gasteiger partial charge is 0.120 e. The van der Waals surface area contributed by atoms with E-state index in [4.69, 9.17) is 0 Å². The molecule has 0 aliphatic carbocycles. The van der Waals surface area contributed by atoms with E-state index < -0.39 is 0 Å². The molecule has 0 saturated heterocycles. The van der Waals surface area contributed by atoms with Crippen LogP contribution in [0.4, 0.5) is 5.69 Å². The lowest BCUT2D eigenvalue weighted by molar-refractivity contribution is 0.640. The first kappa shape index (κ1) is 21.2. The molecule has 0 fully saturated rings. The number of para-hydroxylation sites is 2. The van der Waals surface area contributed by atoms with Crippen molar-refractivity contribution in [1.82, 2.24) is 4.68 Å². The highest BCUT2D eigenvalue weighted by molar-refractivity contribution is 7.27. The summed E-state index contributed by atoms with van der Waals surface area (Å²) in [7, 11) is 0. The van der Waals surface area contributed by atoms with E-state index in [1.807, 2.05) is 11.3 Å². The number of nitrogens with one attached hydrogen (secondary N) is 1. The van der Waals surface area contributed by atoms with Crippen molar-refractivity contribution in [2.24, 2.45) is 0 Å². The molecule has 0 amide bonds. The fourth-order valence-electron chi connectivity index (χ4n) is 6.61. The van der Waals surface area contributed by atoms with Gasteiger partial charge in [0.25, 0.3) is 0 Å². The summed E-state index contributed by atoms with van der Waals surface area (Å²) in [6.45, 7) is 0. The highest BCUT2D eigenvalue weighted by atomic mass is 32.1. The Kier molecular flexibility index (Phi) is 4.26. The van der Waals surface area contributed by atoms with Crippen LogP contribution in [0.5, 0.6) is 0 Å². The quantitative estimate of drug-likeness (QED) is 0.246. The maximum Gasteiger partial charge on any atom is 0.120 e. The van der Waals surface area contributed by atoms with Gasteiger partial charge in [0, 0.05) is 31.8 Å². The highest BCUT2D eigenvalue weighted by Crippen LogP contribution is 2.48. The Morgan fingerprint density at radius 2 is 1.21 bits per heavy atom. The minimum Gasteiger partial charge on any atom is -0.283 e. The molecule has 0 spiro atoms. The van der Waals surface area contributed by atoms with E-state index in [2.05, 4.69) is 143 Å². The van der Waals surface area contributed by atoms with Gasteiger partial charge in [0.2, 0.25) is 0 Å². The van der Waals surface area contributed by atoms with Crippen LogP contribution in [0.25, 0.3) is 52.8 Å². The number of hydrogen-bond donors (Lipinski definition) is 1. The molecule has 1 unspecified atom stereocenters. The molecular weight excluding hydrogens is 494 g/mol. The molecule has 184 valence electrons. The first-order valence-electron chi connectivity index (χ1n) is 13.3. The molecule has 8 aromatic rings. The van der Waals surface area contributed by atoms with Crippen molar-refractivity contribution in [2.45, 2.75) is 6.04 Å². The number of anilines is 1. The van der Waals surface area contributed by atoms with Gasteiger partial charge in [-0.3, -0.25) is 5.43 Å². The molecule has 3 nitrogen and oxygen atoms in total. The Morgan fingerprint density at radius 1 is 0.564 bits per heavy atom. The second kappa shape index (κ2) is 7.85. The summed E-state index contributed by atoms with van der Waals surface area (Å²) < 4.78 is 5.09. The molecule has 1 aliphatic rings. The van der Waals surface area contributed by atoms with E-state index in [1.54, 1.807) is 0 Å². The molecule has 0 radical (unpaired) electrons. The topological polar surface area (TPSA) is 20.2 Å². The molecule has 9 rings (SSSR count). The van der Waals surface area contributed by atoms with E-state index in [0.29, 0.717) is 0 Å². The van der Waals surface area contributed by atoms with Crippen LogP contribution in [0.2, 0.25) is 0 Å². The van der Waals surface area contributed by atoms with Crippen molar-refractivity contribution >= 4 is 69.8 Å². The largest absolute Gasteiger partial charge is 0.283 e. The van der Waals surface area contributed by atoms with Crippen LogP contribution in [-0.4, -0.2) is 4.68 Å². The fraction of sp³-hybridized carbons (Fsp3) is 0.0286. The second-order valence-electron chi connectivity index (χ2n) is 10.3. The van der Waals surface area contributed by atoms with Crippen LogP contribution in [0.15, 0.2) is 127 Å². The van der Waals surface area contributed by atoms with E-state index in [1.165, 1.54) is 63.9 Å². The van der Waals surface area contributed by atoms with Gasteiger partial charge in [0.1, 0.15) is 6.04 Å². The summed E-state index contributed by atoms with van der Waals surface area (Å²) in [5, 5.41) is 10.2. The van der Waals surface area contributed by atoms with Gasteiger partial charge >= 0.3 is 0 Å². The number of benzene rings is 6. The molecular formula is C35H23N3S. The van der Waals surface area contributed by atoms with Crippen molar-refractivity contribution in [3.63, 3.8) is 0 Å². The van der Waals surface area contributed by atoms with Gasteiger partial charge < -0.3 is 0 Å². The van der Waals surface area contributed by atoms with E-state index in [0.717, 1.165) is 5.69 Å². The lowest BCUT2D eigenvalue weighted by Gasteiger charge is -2.30. The number of rotatable bonds is 2. The minimum absolute atomic E-state index is 0.0253. The van der Waals surface area contributed by atoms with Gasteiger partial charge in [-0.2, -0.15) is 0 Å². The molecule has 39 heavy (non-hydrogen) atoms.